The van der Waals surface area contributed by atoms with E-state index in [1.54, 1.807) is 6.07 Å². The number of benzene rings is 1. The second kappa shape index (κ2) is 5.14. The Morgan fingerprint density at radius 3 is 2.76 bits per heavy atom. The number of nitrogen functional groups attached to an aromatic ring is 1. The third kappa shape index (κ3) is 3.17. The molecule has 5 heteroatoms. The number of aryl methyl sites for hydroxylation is 1. The van der Waals surface area contributed by atoms with Crippen LogP contribution in [-0.4, -0.2) is 9.97 Å². The molecule has 0 radical (unpaired) electrons. The maximum atomic E-state index is 5.64. The number of halogens is 1. The van der Waals surface area contributed by atoms with Crippen LogP contribution in [0, 0.1) is 6.92 Å². The Morgan fingerprint density at radius 1 is 1.29 bits per heavy atom. The molecular formula is C12H12BrN3O. The van der Waals surface area contributed by atoms with Crippen molar-refractivity contribution in [2.24, 2.45) is 0 Å². The summed E-state index contributed by atoms with van der Waals surface area (Å²) in [6.07, 6.45) is 0. The molecular weight excluding hydrogens is 282 g/mol. The zero-order chi connectivity index (χ0) is 12.3. The van der Waals surface area contributed by atoms with Crippen LogP contribution in [0.15, 0.2) is 34.8 Å². The van der Waals surface area contributed by atoms with E-state index in [1.807, 2.05) is 31.2 Å². The van der Waals surface area contributed by atoms with Gasteiger partial charge in [0, 0.05) is 11.8 Å². The van der Waals surface area contributed by atoms with Crippen LogP contribution in [0.3, 0.4) is 0 Å². The highest BCUT2D eigenvalue weighted by atomic mass is 79.9. The van der Waals surface area contributed by atoms with Gasteiger partial charge in [0.05, 0.1) is 4.47 Å². The minimum Gasteiger partial charge on any atom is -0.484 e. The van der Waals surface area contributed by atoms with Crippen molar-refractivity contribution in [1.82, 2.24) is 9.97 Å². The molecule has 2 N–H and O–H groups in total. The fourth-order valence-corrected chi connectivity index (χ4v) is 1.82. The minimum atomic E-state index is 0.300. The number of hydrogen-bond donors (Lipinski definition) is 1. The molecule has 17 heavy (non-hydrogen) atoms. The number of para-hydroxylation sites is 1. The first-order valence-electron chi connectivity index (χ1n) is 5.12. The van der Waals surface area contributed by atoms with Gasteiger partial charge in [-0.1, -0.05) is 12.1 Å². The molecule has 1 aromatic heterocycles. The van der Waals surface area contributed by atoms with Crippen molar-refractivity contribution in [2.75, 3.05) is 5.73 Å². The standard InChI is InChI=1S/C12H12BrN3O/c1-8-6-11(14)16-12(15-8)7-17-10-5-3-2-4-9(10)13/h2-6H,7H2,1H3,(H2,14,15,16). The fourth-order valence-electron chi connectivity index (χ4n) is 1.42. The lowest BCUT2D eigenvalue weighted by Crippen LogP contribution is -2.05. The van der Waals surface area contributed by atoms with Crippen molar-refractivity contribution in [3.05, 3.63) is 46.3 Å². The zero-order valence-electron chi connectivity index (χ0n) is 9.35. The molecule has 0 fully saturated rings. The van der Waals surface area contributed by atoms with Gasteiger partial charge in [-0.25, -0.2) is 9.97 Å². The Kier molecular flexibility index (Phi) is 3.58. The Balaban J connectivity index is 2.10. The summed E-state index contributed by atoms with van der Waals surface area (Å²) in [5.41, 5.74) is 6.48. The largest absolute Gasteiger partial charge is 0.484 e. The number of nitrogens with zero attached hydrogens (tertiary/aromatic N) is 2. The smallest absolute Gasteiger partial charge is 0.168 e. The molecule has 0 aliphatic heterocycles. The molecule has 1 aromatic carbocycles. The van der Waals surface area contributed by atoms with Crippen molar-refractivity contribution in [2.45, 2.75) is 13.5 Å². The maximum Gasteiger partial charge on any atom is 0.168 e. The van der Waals surface area contributed by atoms with Gasteiger partial charge in [0.1, 0.15) is 18.2 Å². The molecule has 0 spiro atoms. The first-order chi connectivity index (χ1) is 8.15. The Bertz CT molecular complexity index is 511. The Morgan fingerprint density at radius 2 is 2.06 bits per heavy atom. The van der Waals surface area contributed by atoms with Gasteiger partial charge >= 0.3 is 0 Å². The third-order valence-electron chi connectivity index (χ3n) is 2.11. The van der Waals surface area contributed by atoms with Gasteiger partial charge < -0.3 is 10.5 Å². The summed E-state index contributed by atoms with van der Waals surface area (Å²) in [6.45, 7) is 2.18. The summed E-state index contributed by atoms with van der Waals surface area (Å²) in [6, 6.07) is 9.36. The molecule has 4 nitrogen and oxygen atoms in total. The van der Waals surface area contributed by atoms with Crippen LogP contribution in [0.1, 0.15) is 11.5 Å². The molecule has 0 saturated carbocycles. The van der Waals surface area contributed by atoms with E-state index in [9.17, 15) is 0 Å². The normalized spacial score (nSPS) is 10.2. The van der Waals surface area contributed by atoms with Gasteiger partial charge in [-0.05, 0) is 35.0 Å². The molecule has 2 aromatic rings. The van der Waals surface area contributed by atoms with Crippen LogP contribution in [0.4, 0.5) is 5.82 Å². The molecule has 0 aliphatic rings. The molecule has 0 bridgehead atoms. The third-order valence-corrected chi connectivity index (χ3v) is 2.77. The summed E-state index contributed by atoms with van der Waals surface area (Å²) in [5, 5.41) is 0. The summed E-state index contributed by atoms with van der Waals surface area (Å²) in [7, 11) is 0. The van der Waals surface area contributed by atoms with E-state index < -0.39 is 0 Å². The summed E-state index contributed by atoms with van der Waals surface area (Å²) in [5.74, 6) is 1.80. The number of aromatic nitrogens is 2. The maximum absolute atomic E-state index is 5.64. The van der Waals surface area contributed by atoms with Gasteiger partial charge in [0.2, 0.25) is 0 Å². The highest BCUT2D eigenvalue weighted by Crippen LogP contribution is 2.24. The topological polar surface area (TPSA) is 61.0 Å². The van der Waals surface area contributed by atoms with Crippen LogP contribution in [0.25, 0.3) is 0 Å². The van der Waals surface area contributed by atoms with Gasteiger partial charge in [0.25, 0.3) is 0 Å². The molecule has 2 rings (SSSR count). The highest BCUT2D eigenvalue weighted by molar-refractivity contribution is 9.10. The lowest BCUT2D eigenvalue weighted by Gasteiger charge is -2.07. The quantitative estimate of drug-likeness (QED) is 0.945. The van der Waals surface area contributed by atoms with E-state index in [2.05, 4.69) is 25.9 Å². The molecule has 0 amide bonds. The van der Waals surface area contributed by atoms with Gasteiger partial charge in [-0.2, -0.15) is 0 Å². The summed E-state index contributed by atoms with van der Waals surface area (Å²) < 4.78 is 6.51. The number of nitrogens with two attached hydrogens (primary N) is 1. The van der Waals surface area contributed by atoms with Crippen LogP contribution in [0.5, 0.6) is 5.75 Å². The van der Waals surface area contributed by atoms with Crippen molar-refractivity contribution in [3.8, 4) is 5.75 Å². The lowest BCUT2D eigenvalue weighted by molar-refractivity contribution is 0.294. The van der Waals surface area contributed by atoms with Crippen molar-refractivity contribution in [3.63, 3.8) is 0 Å². The van der Waals surface area contributed by atoms with E-state index in [-0.39, 0.29) is 0 Å². The Labute approximate surface area is 108 Å². The first-order valence-corrected chi connectivity index (χ1v) is 5.92. The number of hydrogen-bond acceptors (Lipinski definition) is 4. The SMILES string of the molecule is Cc1cc(N)nc(COc2ccccc2Br)n1. The number of rotatable bonds is 3. The van der Waals surface area contributed by atoms with Crippen LogP contribution in [0.2, 0.25) is 0 Å². The van der Waals surface area contributed by atoms with Crippen molar-refractivity contribution in [1.29, 1.82) is 0 Å². The first kappa shape index (κ1) is 11.9. The Hall–Kier alpha value is -1.62. The van der Waals surface area contributed by atoms with Gasteiger partial charge in [0.15, 0.2) is 5.82 Å². The predicted molar refractivity (Wildman–Crippen MR) is 69.7 cm³/mol. The second-order valence-corrected chi connectivity index (χ2v) is 4.42. The van der Waals surface area contributed by atoms with E-state index in [1.165, 1.54) is 0 Å². The molecule has 1 heterocycles. The predicted octanol–water partition coefficient (Wildman–Crippen LogP) is 2.71. The second-order valence-electron chi connectivity index (χ2n) is 3.57. The van der Waals surface area contributed by atoms with Crippen LogP contribution in [-0.2, 0) is 6.61 Å². The van der Waals surface area contributed by atoms with E-state index in [4.69, 9.17) is 10.5 Å². The van der Waals surface area contributed by atoms with Crippen molar-refractivity contribution >= 4 is 21.7 Å². The molecule has 0 atom stereocenters. The molecule has 0 aliphatic carbocycles. The summed E-state index contributed by atoms with van der Waals surface area (Å²) >= 11 is 3.41. The van der Waals surface area contributed by atoms with Gasteiger partial charge in [-0.15, -0.1) is 0 Å². The molecule has 88 valence electrons. The number of anilines is 1. The molecule has 0 saturated heterocycles. The zero-order valence-corrected chi connectivity index (χ0v) is 10.9. The van der Waals surface area contributed by atoms with Crippen LogP contribution < -0.4 is 10.5 Å². The van der Waals surface area contributed by atoms with Crippen LogP contribution >= 0.6 is 15.9 Å². The monoisotopic (exact) mass is 293 g/mol. The fraction of sp³-hybridized carbons (Fsp3) is 0.167. The minimum absolute atomic E-state index is 0.300. The van der Waals surface area contributed by atoms with E-state index in [0.29, 0.717) is 18.2 Å². The average Bonchev–Trinajstić information content (AvgIpc) is 2.27. The van der Waals surface area contributed by atoms with Gasteiger partial charge in [-0.3, -0.25) is 0 Å². The average molecular weight is 294 g/mol. The van der Waals surface area contributed by atoms with Crippen molar-refractivity contribution < 1.29 is 4.74 Å². The summed E-state index contributed by atoms with van der Waals surface area (Å²) in [4.78, 5) is 8.35. The van der Waals surface area contributed by atoms with E-state index >= 15 is 0 Å². The number of ether oxygens (including phenoxy) is 1. The molecule has 0 unspecified atom stereocenters. The lowest BCUT2D eigenvalue weighted by atomic mass is 10.3. The van der Waals surface area contributed by atoms with E-state index in [0.717, 1.165) is 15.9 Å². The highest BCUT2D eigenvalue weighted by Gasteiger charge is 2.03.